The van der Waals surface area contributed by atoms with Crippen LogP contribution in [-0.4, -0.2) is 41.9 Å². The molecule has 0 aliphatic carbocycles. The van der Waals surface area contributed by atoms with Gasteiger partial charge in [0.05, 0.1) is 23.4 Å². The SMILES string of the molecule is COCC(CNS(=O)(=O)c1cc(N)c(F)cc1Cl)OC. The highest BCUT2D eigenvalue weighted by Crippen LogP contribution is 2.26. The monoisotopic (exact) mass is 326 g/mol. The Morgan fingerprint density at radius 3 is 2.65 bits per heavy atom. The molecule has 9 heteroatoms. The number of nitrogen functional groups attached to an aromatic ring is 1. The van der Waals surface area contributed by atoms with Crippen molar-refractivity contribution in [1.29, 1.82) is 0 Å². The Hall–Kier alpha value is -0.930. The molecule has 1 atom stereocenters. The molecule has 0 aliphatic rings. The molecule has 0 radical (unpaired) electrons. The quantitative estimate of drug-likeness (QED) is 0.729. The number of ether oxygens (including phenoxy) is 2. The number of sulfonamides is 1. The van der Waals surface area contributed by atoms with Crippen LogP contribution < -0.4 is 10.5 Å². The third-order valence-electron chi connectivity index (χ3n) is 2.53. The zero-order valence-electron chi connectivity index (χ0n) is 11.0. The van der Waals surface area contributed by atoms with Gasteiger partial charge in [0, 0.05) is 20.8 Å². The molecule has 0 saturated carbocycles. The molecule has 0 fully saturated rings. The minimum absolute atomic E-state index is 0.0136. The number of anilines is 1. The maximum absolute atomic E-state index is 13.2. The van der Waals surface area contributed by atoms with Crippen LogP contribution >= 0.6 is 11.6 Å². The molecular formula is C11H16ClFN2O4S. The molecule has 0 bridgehead atoms. The minimum atomic E-state index is -3.92. The largest absolute Gasteiger partial charge is 0.396 e. The average molecular weight is 327 g/mol. The number of hydrogen-bond donors (Lipinski definition) is 2. The smallest absolute Gasteiger partial charge is 0.242 e. The van der Waals surface area contributed by atoms with Crippen LogP contribution in [0.1, 0.15) is 0 Å². The van der Waals surface area contributed by atoms with Gasteiger partial charge in [-0.15, -0.1) is 0 Å². The summed E-state index contributed by atoms with van der Waals surface area (Å²) in [6.07, 6.45) is -0.452. The van der Waals surface area contributed by atoms with E-state index in [1.165, 1.54) is 14.2 Å². The Labute approximate surface area is 122 Å². The molecule has 3 N–H and O–H groups in total. The highest BCUT2D eigenvalue weighted by Gasteiger charge is 2.21. The maximum Gasteiger partial charge on any atom is 0.242 e. The Bertz CT molecular complexity index is 568. The Morgan fingerprint density at radius 2 is 2.10 bits per heavy atom. The van der Waals surface area contributed by atoms with Crippen LogP contribution in [0.2, 0.25) is 5.02 Å². The van der Waals surface area contributed by atoms with Crippen LogP contribution in [0.4, 0.5) is 10.1 Å². The Morgan fingerprint density at radius 1 is 1.45 bits per heavy atom. The van der Waals surface area contributed by atoms with Crippen molar-refractivity contribution >= 4 is 27.3 Å². The van der Waals surface area contributed by atoms with Gasteiger partial charge < -0.3 is 15.2 Å². The van der Waals surface area contributed by atoms with E-state index < -0.39 is 21.9 Å². The molecule has 1 aromatic rings. The van der Waals surface area contributed by atoms with Crippen LogP contribution in [0.3, 0.4) is 0 Å². The van der Waals surface area contributed by atoms with Crippen molar-refractivity contribution in [3.63, 3.8) is 0 Å². The van der Waals surface area contributed by atoms with Gasteiger partial charge in [0.2, 0.25) is 10.0 Å². The molecule has 20 heavy (non-hydrogen) atoms. The summed E-state index contributed by atoms with van der Waals surface area (Å²) in [5.41, 5.74) is 5.05. The molecule has 1 rings (SSSR count). The van der Waals surface area contributed by atoms with Crippen molar-refractivity contribution in [2.24, 2.45) is 0 Å². The summed E-state index contributed by atoms with van der Waals surface area (Å²) >= 11 is 5.73. The molecular weight excluding hydrogens is 311 g/mol. The van der Waals surface area contributed by atoms with E-state index >= 15 is 0 Å². The minimum Gasteiger partial charge on any atom is -0.396 e. The zero-order valence-corrected chi connectivity index (χ0v) is 12.6. The molecule has 0 aliphatic heterocycles. The second kappa shape index (κ2) is 7.19. The summed E-state index contributed by atoms with van der Waals surface area (Å²) in [4.78, 5) is -0.287. The summed E-state index contributed by atoms with van der Waals surface area (Å²) in [6.45, 7) is 0.207. The third kappa shape index (κ3) is 4.29. The lowest BCUT2D eigenvalue weighted by Gasteiger charge is -2.16. The summed E-state index contributed by atoms with van der Waals surface area (Å²) in [6, 6.07) is 1.83. The van der Waals surface area contributed by atoms with Gasteiger partial charge in [0.1, 0.15) is 10.7 Å². The first-order valence-electron chi connectivity index (χ1n) is 5.57. The first-order chi connectivity index (χ1) is 9.31. The summed E-state index contributed by atoms with van der Waals surface area (Å²) < 4.78 is 49.5. The van der Waals surface area contributed by atoms with Crippen molar-refractivity contribution in [3.8, 4) is 0 Å². The average Bonchev–Trinajstić information content (AvgIpc) is 2.38. The number of nitrogens with two attached hydrogens (primary N) is 1. The van der Waals surface area contributed by atoms with Crippen LogP contribution in [-0.2, 0) is 19.5 Å². The topological polar surface area (TPSA) is 90.7 Å². The van der Waals surface area contributed by atoms with E-state index in [0.29, 0.717) is 0 Å². The maximum atomic E-state index is 13.2. The highest BCUT2D eigenvalue weighted by atomic mass is 35.5. The molecule has 0 amide bonds. The van der Waals surface area contributed by atoms with Crippen LogP contribution in [0, 0.1) is 5.82 Å². The second-order valence-electron chi connectivity index (χ2n) is 3.97. The number of benzene rings is 1. The van der Waals surface area contributed by atoms with E-state index in [-0.39, 0.29) is 28.8 Å². The third-order valence-corrected chi connectivity index (χ3v) is 4.42. The molecule has 0 saturated heterocycles. The number of nitrogens with one attached hydrogen (secondary N) is 1. The Kier molecular flexibility index (Phi) is 6.15. The molecule has 1 unspecified atom stereocenters. The van der Waals surface area contributed by atoms with E-state index in [0.717, 1.165) is 12.1 Å². The van der Waals surface area contributed by atoms with E-state index in [4.69, 9.17) is 26.8 Å². The Balaban J connectivity index is 2.92. The van der Waals surface area contributed by atoms with Crippen LogP contribution in [0.25, 0.3) is 0 Å². The fourth-order valence-electron chi connectivity index (χ4n) is 1.43. The standard InChI is InChI=1S/C11H16ClFN2O4S/c1-18-6-7(19-2)5-15-20(16,17)11-4-10(14)9(13)3-8(11)12/h3-4,7,15H,5-6,14H2,1-2H3. The molecule has 6 nitrogen and oxygen atoms in total. The number of rotatable bonds is 7. The lowest BCUT2D eigenvalue weighted by atomic mass is 10.3. The lowest BCUT2D eigenvalue weighted by Crippen LogP contribution is -2.35. The van der Waals surface area contributed by atoms with Gasteiger partial charge in [-0.2, -0.15) is 0 Å². The van der Waals surface area contributed by atoms with Gasteiger partial charge >= 0.3 is 0 Å². The molecule has 0 spiro atoms. The molecule has 114 valence electrons. The van der Waals surface area contributed by atoms with Crippen molar-refractivity contribution in [2.75, 3.05) is 33.1 Å². The highest BCUT2D eigenvalue weighted by molar-refractivity contribution is 7.89. The van der Waals surface area contributed by atoms with Crippen LogP contribution in [0.15, 0.2) is 17.0 Å². The zero-order chi connectivity index (χ0) is 15.3. The number of methoxy groups -OCH3 is 2. The van der Waals surface area contributed by atoms with E-state index in [1.54, 1.807) is 0 Å². The van der Waals surface area contributed by atoms with Crippen molar-refractivity contribution in [1.82, 2.24) is 4.72 Å². The predicted molar refractivity (Wildman–Crippen MR) is 73.7 cm³/mol. The van der Waals surface area contributed by atoms with Crippen molar-refractivity contribution in [3.05, 3.63) is 23.0 Å². The van der Waals surface area contributed by atoms with Crippen molar-refractivity contribution < 1.29 is 22.3 Å². The second-order valence-corrected chi connectivity index (χ2v) is 6.11. The fourth-order valence-corrected chi connectivity index (χ4v) is 3.04. The lowest BCUT2D eigenvalue weighted by molar-refractivity contribution is 0.0320. The van der Waals surface area contributed by atoms with E-state index in [2.05, 4.69) is 4.72 Å². The first kappa shape index (κ1) is 17.1. The molecule has 0 heterocycles. The molecule has 1 aromatic carbocycles. The van der Waals surface area contributed by atoms with Gasteiger partial charge in [-0.3, -0.25) is 0 Å². The summed E-state index contributed by atoms with van der Waals surface area (Å²) in [7, 11) is -1.02. The normalized spacial score (nSPS) is 13.4. The first-order valence-corrected chi connectivity index (χ1v) is 7.43. The van der Waals surface area contributed by atoms with Gasteiger partial charge in [-0.25, -0.2) is 17.5 Å². The van der Waals surface area contributed by atoms with Gasteiger partial charge in [0.25, 0.3) is 0 Å². The van der Waals surface area contributed by atoms with Crippen LogP contribution in [0.5, 0.6) is 0 Å². The fraction of sp³-hybridized carbons (Fsp3) is 0.455. The number of halogens is 2. The predicted octanol–water partition coefficient (Wildman–Crippen LogP) is 1.00. The summed E-state index contributed by atoms with van der Waals surface area (Å²) in [5, 5.41) is -0.245. The number of hydrogen-bond acceptors (Lipinski definition) is 5. The van der Waals surface area contributed by atoms with E-state index in [1.807, 2.05) is 0 Å². The van der Waals surface area contributed by atoms with E-state index in [9.17, 15) is 12.8 Å². The summed E-state index contributed by atoms with van der Waals surface area (Å²) in [5.74, 6) is -0.775. The molecule has 0 aromatic heterocycles. The van der Waals surface area contributed by atoms with Gasteiger partial charge in [0.15, 0.2) is 0 Å². The van der Waals surface area contributed by atoms with Crippen molar-refractivity contribution in [2.45, 2.75) is 11.0 Å². The van der Waals surface area contributed by atoms with Gasteiger partial charge in [-0.05, 0) is 12.1 Å². The van der Waals surface area contributed by atoms with Gasteiger partial charge in [-0.1, -0.05) is 11.6 Å².